The number of nitrogens with zero attached hydrogens (tertiary/aromatic N) is 3. The van der Waals surface area contributed by atoms with E-state index in [0.29, 0.717) is 11.7 Å². The van der Waals surface area contributed by atoms with Crippen molar-refractivity contribution in [3.8, 4) is 5.75 Å². The quantitative estimate of drug-likeness (QED) is 0.707. The Morgan fingerprint density at radius 1 is 1.29 bits per heavy atom. The van der Waals surface area contributed by atoms with Crippen LogP contribution in [0.15, 0.2) is 35.5 Å². The fourth-order valence-corrected chi connectivity index (χ4v) is 4.13. The van der Waals surface area contributed by atoms with E-state index in [-0.39, 0.29) is 11.0 Å². The van der Waals surface area contributed by atoms with Gasteiger partial charge in [-0.15, -0.1) is 0 Å². The van der Waals surface area contributed by atoms with E-state index < -0.39 is 9.84 Å². The molecule has 1 saturated heterocycles. The highest BCUT2D eigenvalue weighted by atomic mass is 32.2. The first-order valence-corrected chi connectivity index (χ1v) is 11.7. The molecule has 1 aliphatic rings. The maximum absolute atomic E-state index is 11.7. The molecule has 0 amide bonds. The summed E-state index contributed by atoms with van der Waals surface area (Å²) in [5.41, 5.74) is 1.18. The molecule has 1 aromatic heterocycles. The van der Waals surface area contributed by atoms with Crippen LogP contribution < -0.4 is 9.64 Å². The third kappa shape index (κ3) is 5.22. The van der Waals surface area contributed by atoms with E-state index in [1.165, 1.54) is 11.8 Å². The van der Waals surface area contributed by atoms with E-state index in [0.717, 1.165) is 44.7 Å². The topological polar surface area (TPSA) is 72.4 Å². The van der Waals surface area contributed by atoms with E-state index in [2.05, 4.69) is 27.9 Å². The van der Waals surface area contributed by atoms with Crippen LogP contribution in [-0.2, 0) is 16.3 Å². The summed E-state index contributed by atoms with van der Waals surface area (Å²) in [5.74, 6) is 1.77. The number of rotatable bonds is 7. The minimum absolute atomic E-state index is 0.00445. The van der Waals surface area contributed by atoms with Crippen LogP contribution in [0.3, 0.4) is 0 Å². The number of hydrogen-bond donors (Lipinski definition) is 0. The van der Waals surface area contributed by atoms with Crippen LogP contribution >= 0.6 is 0 Å². The molecule has 2 heterocycles. The number of ether oxygens (including phenoxy) is 1. The van der Waals surface area contributed by atoms with Crippen molar-refractivity contribution >= 4 is 15.8 Å². The first-order valence-electron chi connectivity index (χ1n) is 9.81. The minimum Gasteiger partial charge on any atom is -0.490 e. The van der Waals surface area contributed by atoms with Crippen molar-refractivity contribution in [1.29, 1.82) is 0 Å². The Balaban J connectivity index is 1.56. The lowest BCUT2D eigenvalue weighted by atomic mass is 9.92. The lowest BCUT2D eigenvalue weighted by Gasteiger charge is -2.34. The summed E-state index contributed by atoms with van der Waals surface area (Å²) in [6.07, 6.45) is 9.11. The Hall–Kier alpha value is -2.15. The molecule has 7 heteroatoms. The molecule has 1 radical (unpaired) electrons. The maximum Gasteiger partial charge on any atom is 0.225 e. The molecule has 1 fully saturated rings. The van der Waals surface area contributed by atoms with Gasteiger partial charge in [-0.25, -0.2) is 18.4 Å². The number of hydrogen-bond acceptors (Lipinski definition) is 6. The zero-order valence-corrected chi connectivity index (χ0v) is 17.6. The average Bonchev–Trinajstić information content (AvgIpc) is 2.68. The molecular weight excluding hydrogens is 374 g/mol. The summed E-state index contributed by atoms with van der Waals surface area (Å²) in [7, 11) is -3.29. The second kappa shape index (κ2) is 8.90. The molecule has 0 N–H and O–H groups in total. The number of aromatic nitrogens is 2. The summed E-state index contributed by atoms with van der Waals surface area (Å²) in [6.45, 7) is 5.98. The molecule has 0 spiro atoms. The van der Waals surface area contributed by atoms with Crippen molar-refractivity contribution < 1.29 is 13.2 Å². The van der Waals surface area contributed by atoms with Gasteiger partial charge in [-0.2, -0.15) is 0 Å². The van der Waals surface area contributed by atoms with Crippen molar-refractivity contribution in [2.24, 2.45) is 5.92 Å². The smallest absolute Gasteiger partial charge is 0.225 e. The average molecular weight is 403 g/mol. The van der Waals surface area contributed by atoms with Crippen molar-refractivity contribution in [2.45, 2.75) is 50.5 Å². The fourth-order valence-electron chi connectivity index (χ4n) is 3.52. The van der Waals surface area contributed by atoms with Gasteiger partial charge in [0.1, 0.15) is 5.75 Å². The van der Waals surface area contributed by atoms with E-state index >= 15 is 0 Å². The molecule has 3 rings (SSSR count). The number of aryl methyl sites for hydroxylation is 1. The Morgan fingerprint density at radius 2 is 1.96 bits per heavy atom. The SMILES string of the molecule is CCCc1cnc(N2CCC(C(C)Oc3cc[c]c(S(C)(=O)=O)c3)CC2)nc1. The highest BCUT2D eigenvalue weighted by Crippen LogP contribution is 2.27. The highest BCUT2D eigenvalue weighted by molar-refractivity contribution is 7.90. The van der Waals surface area contributed by atoms with Gasteiger partial charge in [-0.3, -0.25) is 0 Å². The lowest BCUT2D eigenvalue weighted by molar-refractivity contribution is 0.132. The second-order valence-corrected chi connectivity index (χ2v) is 9.43. The zero-order valence-electron chi connectivity index (χ0n) is 16.8. The molecule has 28 heavy (non-hydrogen) atoms. The Kier molecular flexibility index (Phi) is 6.54. The van der Waals surface area contributed by atoms with Crippen LogP contribution in [-0.4, -0.2) is 43.8 Å². The van der Waals surface area contributed by atoms with Gasteiger partial charge in [-0.1, -0.05) is 13.3 Å². The largest absolute Gasteiger partial charge is 0.490 e. The number of piperidine rings is 1. The molecule has 0 saturated carbocycles. The molecular formula is C21H28N3O3S. The molecule has 1 aliphatic heterocycles. The molecule has 1 unspecified atom stereocenters. The first kappa shape index (κ1) is 20.6. The number of benzene rings is 1. The van der Waals surface area contributed by atoms with E-state index in [9.17, 15) is 8.42 Å². The first-order chi connectivity index (χ1) is 13.4. The van der Waals surface area contributed by atoms with Gasteiger partial charge < -0.3 is 9.64 Å². The monoisotopic (exact) mass is 402 g/mol. The van der Waals surface area contributed by atoms with Gasteiger partial charge in [-0.05, 0) is 55.9 Å². The Labute approximate surface area is 167 Å². The number of anilines is 1. The third-order valence-electron chi connectivity index (χ3n) is 5.18. The van der Waals surface area contributed by atoms with Crippen molar-refractivity contribution in [3.05, 3.63) is 42.2 Å². The summed E-state index contributed by atoms with van der Waals surface area (Å²) in [5, 5.41) is 0. The van der Waals surface area contributed by atoms with E-state index in [1.807, 2.05) is 19.3 Å². The lowest BCUT2D eigenvalue weighted by Crippen LogP contribution is -2.39. The van der Waals surface area contributed by atoms with Crippen molar-refractivity contribution in [2.75, 3.05) is 24.2 Å². The molecule has 151 valence electrons. The summed E-state index contributed by atoms with van der Waals surface area (Å²) < 4.78 is 29.4. The van der Waals surface area contributed by atoms with Crippen molar-refractivity contribution in [3.63, 3.8) is 0 Å². The van der Waals surface area contributed by atoms with Crippen LogP contribution in [0.25, 0.3) is 0 Å². The minimum atomic E-state index is -3.29. The van der Waals surface area contributed by atoms with Crippen LogP contribution in [0.5, 0.6) is 5.75 Å². The number of sulfone groups is 1. The van der Waals surface area contributed by atoms with Crippen LogP contribution in [0.2, 0.25) is 0 Å². The van der Waals surface area contributed by atoms with Crippen LogP contribution in [0.4, 0.5) is 5.95 Å². The predicted molar refractivity (Wildman–Crippen MR) is 109 cm³/mol. The van der Waals surface area contributed by atoms with E-state index in [4.69, 9.17) is 4.74 Å². The Bertz CT molecular complexity index is 876. The van der Waals surface area contributed by atoms with Gasteiger partial charge >= 0.3 is 0 Å². The van der Waals surface area contributed by atoms with Gasteiger partial charge in [0.25, 0.3) is 0 Å². The standard InChI is InChI=1S/C21H28N3O3S/c1-4-6-17-14-22-21(23-15-17)24-11-9-18(10-12-24)16(2)27-19-7-5-8-20(13-19)28(3,25)26/h5,7,13-16,18H,4,6,9-12H2,1-3H3. The van der Waals surface area contributed by atoms with Gasteiger partial charge in [0.2, 0.25) is 5.95 Å². The molecule has 0 aliphatic carbocycles. The van der Waals surface area contributed by atoms with Crippen LogP contribution in [0, 0.1) is 12.0 Å². The van der Waals surface area contributed by atoms with E-state index in [1.54, 1.807) is 18.2 Å². The molecule has 1 aromatic carbocycles. The molecule has 1 atom stereocenters. The summed E-state index contributed by atoms with van der Waals surface area (Å²) in [4.78, 5) is 11.4. The second-order valence-electron chi connectivity index (χ2n) is 7.45. The van der Waals surface area contributed by atoms with Gasteiger partial charge in [0.15, 0.2) is 9.84 Å². The van der Waals surface area contributed by atoms with Crippen molar-refractivity contribution in [1.82, 2.24) is 9.97 Å². The molecule has 0 bridgehead atoms. The third-order valence-corrected chi connectivity index (χ3v) is 6.22. The molecule has 2 aromatic rings. The summed E-state index contributed by atoms with van der Waals surface area (Å²) in [6, 6.07) is 7.65. The maximum atomic E-state index is 11.7. The summed E-state index contributed by atoms with van der Waals surface area (Å²) >= 11 is 0. The normalized spacial score (nSPS) is 16.8. The zero-order chi connectivity index (χ0) is 20.1. The molecule has 6 nitrogen and oxygen atoms in total. The van der Waals surface area contributed by atoms with Crippen LogP contribution in [0.1, 0.15) is 38.7 Å². The fraction of sp³-hybridized carbons (Fsp3) is 0.524. The highest BCUT2D eigenvalue weighted by Gasteiger charge is 2.26. The van der Waals surface area contributed by atoms with Gasteiger partial charge in [0, 0.05) is 37.8 Å². The van der Waals surface area contributed by atoms with Gasteiger partial charge in [0.05, 0.1) is 11.0 Å². The predicted octanol–water partition coefficient (Wildman–Crippen LogP) is 3.32. The Morgan fingerprint density at radius 3 is 2.57 bits per heavy atom.